The van der Waals surface area contributed by atoms with Crippen molar-refractivity contribution in [3.8, 4) is 11.3 Å². The zero-order valence-corrected chi connectivity index (χ0v) is 35.0. The van der Waals surface area contributed by atoms with Gasteiger partial charge in [0.25, 0.3) is 0 Å². The van der Waals surface area contributed by atoms with Crippen LogP contribution in [0.15, 0.2) is 30.5 Å². The van der Waals surface area contributed by atoms with Gasteiger partial charge in [-0.05, 0) is 85.0 Å². The fourth-order valence-electron chi connectivity index (χ4n) is 9.21. The highest BCUT2D eigenvalue weighted by Gasteiger charge is 2.59. The molecule has 14 nitrogen and oxygen atoms in total. The number of unbranched alkanes of at least 4 members (excludes halogenated alkanes) is 1. The number of benzene rings is 1. The number of cyclic esters (lactones) is 1. The summed E-state index contributed by atoms with van der Waals surface area (Å²) in [5, 5.41) is 8.57. The average molecular weight is 781 g/mol. The largest absolute Gasteiger partial charge is 0.458 e. The van der Waals surface area contributed by atoms with Crippen LogP contribution < -0.4 is 5.73 Å². The van der Waals surface area contributed by atoms with E-state index in [0.717, 1.165) is 12.0 Å². The van der Waals surface area contributed by atoms with Gasteiger partial charge in [-0.1, -0.05) is 52.0 Å². The quantitative estimate of drug-likeness (QED) is 0.134. The van der Waals surface area contributed by atoms with Crippen LogP contribution in [0.25, 0.3) is 11.3 Å². The molecule has 0 aliphatic carbocycles. The first-order chi connectivity index (χ1) is 26.4. The number of esters is 1. The second-order valence-corrected chi connectivity index (χ2v) is 17.0. The number of nitrogens with two attached hydrogens (primary N) is 1. The molecular formula is C42H64N6O8. The molecule has 1 aromatic carbocycles. The van der Waals surface area contributed by atoms with Crippen LogP contribution in [0.5, 0.6) is 0 Å². The molecule has 14 heteroatoms. The highest BCUT2D eigenvalue weighted by molar-refractivity contribution is 6.00. The number of anilines is 1. The van der Waals surface area contributed by atoms with Gasteiger partial charge in [-0.3, -0.25) is 19.1 Å². The average Bonchev–Trinajstić information content (AvgIpc) is 3.73. The van der Waals surface area contributed by atoms with Crippen molar-refractivity contribution >= 4 is 29.3 Å². The van der Waals surface area contributed by atoms with Crippen LogP contribution in [0.4, 0.5) is 10.5 Å². The molecule has 0 radical (unpaired) electrons. The number of aryl methyl sites for hydroxylation is 1. The minimum atomic E-state index is -1.34. The second kappa shape index (κ2) is 18.1. The highest BCUT2D eigenvalue weighted by Crippen LogP contribution is 2.42. The second-order valence-electron chi connectivity index (χ2n) is 17.0. The molecule has 3 aliphatic rings. The zero-order valence-electron chi connectivity index (χ0n) is 35.0. The molecular weight excluding hydrogens is 716 g/mol. The fourth-order valence-corrected chi connectivity index (χ4v) is 9.21. The maximum atomic E-state index is 14.5. The van der Waals surface area contributed by atoms with Gasteiger partial charge in [0, 0.05) is 54.6 Å². The molecule has 1 amide bonds. The SMILES string of the molecule is CC[C@H]1OC(=O)[C@H](C)C(=O)[C@H](C)[C@@H](OC2CC(N(C)C)CC(C)O2)[C@@H](C)C[C@@H](C)C(=O)[C@H](C)[C@H]2N(CCCCn3cc(-c4cccc(N)c4)nn3)C(=O)O[C@]12C. The Morgan fingerprint density at radius 2 is 1.68 bits per heavy atom. The van der Waals surface area contributed by atoms with Crippen molar-refractivity contribution in [2.75, 3.05) is 26.4 Å². The molecule has 3 saturated heterocycles. The minimum absolute atomic E-state index is 0.0346. The molecule has 0 saturated carbocycles. The summed E-state index contributed by atoms with van der Waals surface area (Å²) in [6.07, 6.45) is 2.71. The Labute approximate surface area is 332 Å². The molecule has 56 heavy (non-hydrogen) atoms. The van der Waals surface area contributed by atoms with Crippen LogP contribution in [0.2, 0.25) is 0 Å². The van der Waals surface area contributed by atoms with Gasteiger partial charge in [0.05, 0.1) is 24.4 Å². The van der Waals surface area contributed by atoms with Crippen molar-refractivity contribution in [3.05, 3.63) is 30.5 Å². The van der Waals surface area contributed by atoms with E-state index in [4.69, 9.17) is 24.7 Å². The van der Waals surface area contributed by atoms with E-state index in [1.807, 2.05) is 79.2 Å². The maximum absolute atomic E-state index is 14.5. The normalized spacial score (nSPS) is 34.9. The third-order valence-electron chi connectivity index (χ3n) is 12.4. The molecule has 3 unspecified atom stereocenters. The number of hydrogen-bond acceptors (Lipinski definition) is 12. The first-order valence-electron chi connectivity index (χ1n) is 20.5. The summed E-state index contributed by atoms with van der Waals surface area (Å²) in [5.41, 5.74) is 6.83. The molecule has 3 aliphatic heterocycles. The Kier molecular flexibility index (Phi) is 14.0. The minimum Gasteiger partial charge on any atom is -0.458 e. The van der Waals surface area contributed by atoms with Crippen molar-refractivity contribution in [1.29, 1.82) is 0 Å². The summed E-state index contributed by atoms with van der Waals surface area (Å²) in [6, 6.07) is 6.98. The van der Waals surface area contributed by atoms with Crippen molar-refractivity contribution in [3.63, 3.8) is 0 Å². The lowest BCUT2D eigenvalue weighted by atomic mass is 9.74. The van der Waals surface area contributed by atoms with Gasteiger partial charge in [-0.15, -0.1) is 5.10 Å². The number of nitrogens with zero attached hydrogens (tertiary/aromatic N) is 5. The summed E-state index contributed by atoms with van der Waals surface area (Å²) in [6.45, 7) is 15.6. The molecule has 0 spiro atoms. The van der Waals surface area contributed by atoms with Crippen molar-refractivity contribution in [1.82, 2.24) is 24.8 Å². The number of carbonyl (C=O) groups is 4. The summed E-state index contributed by atoms with van der Waals surface area (Å²) < 4.78 is 27.0. The van der Waals surface area contributed by atoms with Crippen molar-refractivity contribution < 1.29 is 38.1 Å². The molecule has 310 valence electrons. The van der Waals surface area contributed by atoms with Crippen LogP contribution in [-0.4, -0.2) is 111 Å². The first kappa shape index (κ1) is 43.2. The first-order valence-corrected chi connectivity index (χ1v) is 20.5. The lowest BCUT2D eigenvalue weighted by molar-refractivity contribution is -0.236. The van der Waals surface area contributed by atoms with Crippen LogP contribution in [0.3, 0.4) is 0 Å². The van der Waals surface area contributed by atoms with Gasteiger partial charge >= 0.3 is 12.1 Å². The van der Waals surface area contributed by atoms with Crippen LogP contribution in [0.1, 0.15) is 93.9 Å². The Hall–Kier alpha value is -3.88. The highest BCUT2D eigenvalue weighted by atomic mass is 16.7. The fraction of sp³-hybridized carbons (Fsp3) is 0.714. The predicted octanol–water partition coefficient (Wildman–Crippen LogP) is 5.77. The van der Waals surface area contributed by atoms with E-state index in [-0.39, 0.29) is 29.6 Å². The molecule has 5 rings (SSSR count). The lowest BCUT2D eigenvalue weighted by Crippen LogP contribution is -2.58. The molecule has 2 aromatic rings. The van der Waals surface area contributed by atoms with Crippen LogP contribution in [0, 0.1) is 29.6 Å². The van der Waals surface area contributed by atoms with Gasteiger partial charge in [-0.2, -0.15) is 0 Å². The van der Waals surface area contributed by atoms with Gasteiger partial charge in [0.1, 0.15) is 23.5 Å². The number of fused-ring (bicyclic) bond motifs is 1. The maximum Gasteiger partial charge on any atom is 0.410 e. The van der Waals surface area contributed by atoms with Gasteiger partial charge in [0.15, 0.2) is 17.7 Å². The molecule has 12 atom stereocenters. The standard InChI is InChI=1S/C42H64N6O8/c1-11-34-42(8)39(48(41(52)56-42)18-13-12-17-47-23-33(44-45-47)30-15-14-16-31(43)21-30)28(6)36(49)24(2)19-25(3)38(27(5)37(50)29(7)40(51)54-34)55-35-22-32(46(9)10)20-26(4)53-35/h14-16,21,23-29,32,34-35,38-39H,11-13,17-20,22,43H2,1-10H3/t24-,25+,26?,27+,28+,29-,32?,34-,35?,38+,39-,42-/m1/s1. The molecule has 3 fully saturated rings. The van der Waals surface area contributed by atoms with E-state index >= 15 is 0 Å². The third-order valence-corrected chi connectivity index (χ3v) is 12.4. The van der Waals surface area contributed by atoms with Crippen LogP contribution in [-0.2, 0) is 39.9 Å². The van der Waals surface area contributed by atoms with E-state index in [2.05, 4.69) is 15.2 Å². The van der Waals surface area contributed by atoms with E-state index in [1.165, 1.54) is 0 Å². The van der Waals surface area contributed by atoms with E-state index in [1.54, 1.807) is 30.4 Å². The lowest BCUT2D eigenvalue weighted by Gasteiger charge is -2.42. The van der Waals surface area contributed by atoms with Gasteiger partial charge in [-0.25, -0.2) is 4.79 Å². The molecule has 4 heterocycles. The van der Waals surface area contributed by atoms with Crippen molar-refractivity contribution in [2.24, 2.45) is 29.6 Å². The summed E-state index contributed by atoms with van der Waals surface area (Å²) in [4.78, 5) is 60.0. The Bertz CT molecular complexity index is 1700. The zero-order chi connectivity index (χ0) is 41.1. The molecule has 1 aromatic heterocycles. The number of hydrogen-bond donors (Lipinski definition) is 1. The number of nitrogen functional groups attached to an aromatic ring is 1. The number of amides is 1. The van der Waals surface area contributed by atoms with Gasteiger partial charge < -0.3 is 34.5 Å². The number of Topliss-reactive ketones (excluding diaryl/α,β-unsaturated/α-hetero) is 2. The smallest absolute Gasteiger partial charge is 0.410 e. The topological polar surface area (TPSA) is 168 Å². The number of ether oxygens (including phenoxy) is 4. The number of rotatable bonds is 10. The third kappa shape index (κ3) is 9.45. The molecule has 2 N–H and O–H groups in total. The monoisotopic (exact) mass is 780 g/mol. The number of carbonyl (C=O) groups excluding carboxylic acids is 4. The van der Waals surface area contributed by atoms with E-state index < -0.39 is 65.9 Å². The Morgan fingerprint density at radius 3 is 2.36 bits per heavy atom. The van der Waals surface area contributed by atoms with Crippen LogP contribution >= 0.6 is 0 Å². The van der Waals surface area contributed by atoms with E-state index in [9.17, 15) is 19.2 Å². The van der Waals surface area contributed by atoms with E-state index in [0.29, 0.717) is 56.6 Å². The predicted molar refractivity (Wildman–Crippen MR) is 211 cm³/mol. The Morgan fingerprint density at radius 1 is 0.964 bits per heavy atom. The number of aromatic nitrogens is 3. The molecule has 0 bridgehead atoms. The summed E-state index contributed by atoms with van der Waals surface area (Å²) in [5.74, 6) is -4.14. The summed E-state index contributed by atoms with van der Waals surface area (Å²) in [7, 11) is 4.07. The van der Waals surface area contributed by atoms with Gasteiger partial charge in [0.2, 0.25) is 0 Å². The Balaban J connectivity index is 1.37. The number of ketones is 2. The van der Waals surface area contributed by atoms with Crippen molar-refractivity contribution in [2.45, 2.75) is 143 Å². The summed E-state index contributed by atoms with van der Waals surface area (Å²) >= 11 is 0.